The molecule has 116 valence electrons. The van der Waals surface area contributed by atoms with Crippen molar-refractivity contribution in [3.8, 4) is 0 Å². The second-order valence-corrected chi connectivity index (χ2v) is 5.06. The molecular weight excluding hydrogens is 311 g/mol. The minimum atomic E-state index is -0.963. The Balaban J connectivity index is 1.84. The van der Waals surface area contributed by atoms with Crippen LogP contribution in [0.25, 0.3) is 0 Å². The molecule has 0 spiro atoms. The Kier molecular flexibility index (Phi) is 5.16. The smallest absolute Gasteiger partial charge is 0.355 e. The van der Waals surface area contributed by atoms with Crippen molar-refractivity contribution in [2.75, 3.05) is 0 Å². The van der Waals surface area contributed by atoms with Gasteiger partial charge in [0.15, 0.2) is 6.10 Å². The van der Waals surface area contributed by atoms with Crippen LogP contribution in [-0.2, 0) is 16.1 Å². The third kappa shape index (κ3) is 4.33. The molecule has 0 aliphatic rings. The van der Waals surface area contributed by atoms with E-state index in [-0.39, 0.29) is 18.1 Å². The van der Waals surface area contributed by atoms with Crippen LogP contribution < -0.4 is 5.32 Å². The summed E-state index contributed by atoms with van der Waals surface area (Å²) in [4.78, 5) is 26.2. The maximum absolute atomic E-state index is 12.8. The second kappa shape index (κ2) is 7.09. The molecule has 2 aromatic rings. The van der Waals surface area contributed by atoms with E-state index in [1.165, 1.54) is 31.3 Å². The molecule has 0 saturated carbocycles. The fourth-order valence-corrected chi connectivity index (χ4v) is 1.86. The molecule has 7 heteroatoms. The Morgan fingerprint density at radius 3 is 2.64 bits per heavy atom. The highest BCUT2D eigenvalue weighted by molar-refractivity contribution is 6.30. The van der Waals surface area contributed by atoms with Crippen LogP contribution in [0.2, 0.25) is 5.02 Å². The zero-order valence-corrected chi connectivity index (χ0v) is 12.5. The Morgan fingerprint density at radius 2 is 2.05 bits per heavy atom. The first-order valence-electron chi connectivity index (χ1n) is 6.53. The summed E-state index contributed by atoms with van der Waals surface area (Å²) in [5.74, 6) is -1.46. The number of carbonyl (C=O) groups excluding carboxylic acids is 2. The standard InChI is InChI=1S/C15H14ClFN2O3/c1-9(22-15(21)13-6-11(16)8-18-13)14(20)19-7-10-2-4-12(17)5-3-10/h2-6,8-9,18H,7H2,1H3,(H,19,20). The van der Waals surface area contributed by atoms with E-state index in [0.717, 1.165) is 5.56 Å². The van der Waals surface area contributed by atoms with Crippen LogP contribution in [-0.4, -0.2) is 23.0 Å². The lowest BCUT2D eigenvalue weighted by Gasteiger charge is -2.13. The van der Waals surface area contributed by atoms with Crippen LogP contribution in [0.4, 0.5) is 4.39 Å². The van der Waals surface area contributed by atoms with Crippen molar-refractivity contribution >= 4 is 23.5 Å². The minimum absolute atomic E-state index is 0.170. The van der Waals surface area contributed by atoms with E-state index >= 15 is 0 Å². The topological polar surface area (TPSA) is 71.2 Å². The fourth-order valence-electron chi connectivity index (χ4n) is 1.70. The van der Waals surface area contributed by atoms with Gasteiger partial charge in [0.25, 0.3) is 5.91 Å². The molecule has 0 radical (unpaired) electrons. The third-order valence-electron chi connectivity index (χ3n) is 2.90. The fraction of sp³-hybridized carbons (Fsp3) is 0.200. The molecule has 1 heterocycles. The number of ether oxygens (including phenoxy) is 1. The van der Waals surface area contributed by atoms with Crippen LogP contribution in [0, 0.1) is 5.82 Å². The molecule has 5 nitrogen and oxygen atoms in total. The minimum Gasteiger partial charge on any atom is -0.448 e. The van der Waals surface area contributed by atoms with E-state index in [4.69, 9.17) is 16.3 Å². The van der Waals surface area contributed by atoms with E-state index in [1.807, 2.05) is 0 Å². The average Bonchev–Trinajstić information content (AvgIpc) is 2.93. The lowest BCUT2D eigenvalue weighted by molar-refractivity contribution is -0.129. The number of esters is 1. The van der Waals surface area contributed by atoms with Crippen molar-refractivity contribution in [2.24, 2.45) is 0 Å². The summed E-state index contributed by atoms with van der Waals surface area (Å²) in [6, 6.07) is 7.15. The summed E-state index contributed by atoms with van der Waals surface area (Å²) < 4.78 is 17.8. The zero-order valence-electron chi connectivity index (χ0n) is 11.7. The Labute approximate surface area is 131 Å². The summed E-state index contributed by atoms with van der Waals surface area (Å²) in [7, 11) is 0. The number of H-pyrrole nitrogens is 1. The van der Waals surface area contributed by atoms with Gasteiger partial charge in [-0.2, -0.15) is 0 Å². The van der Waals surface area contributed by atoms with Crippen LogP contribution in [0.15, 0.2) is 36.5 Å². The molecule has 1 aromatic heterocycles. The molecule has 1 atom stereocenters. The van der Waals surface area contributed by atoms with Gasteiger partial charge in [0.2, 0.25) is 0 Å². The number of amides is 1. The van der Waals surface area contributed by atoms with Gasteiger partial charge in [0, 0.05) is 12.7 Å². The van der Waals surface area contributed by atoms with E-state index in [2.05, 4.69) is 10.3 Å². The van der Waals surface area contributed by atoms with E-state index < -0.39 is 18.0 Å². The van der Waals surface area contributed by atoms with Gasteiger partial charge in [-0.25, -0.2) is 9.18 Å². The van der Waals surface area contributed by atoms with Gasteiger partial charge in [0.05, 0.1) is 5.02 Å². The van der Waals surface area contributed by atoms with Gasteiger partial charge in [-0.1, -0.05) is 23.7 Å². The number of hydrogen-bond acceptors (Lipinski definition) is 3. The lowest BCUT2D eigenvalue weighted by atomic mass is 10.2. The van der Waals surface area contributed by atoms with E-state index in [9.17, 15) is 14.0 Å². The maximum Gasteiger partial charge on any atom is 0.355 e. The summed E-state index contributed by atoms with van der Waals surface area (Å²) >= 11 is 5.69. The molecule has 2 N–H and O–H groups in total. The number of rotatable bonds is 5. The molecule has 1 amide bonds. The van der Waals surface area contributed by atoms with Crippen LogP contribution in [0.3, 0.4) is 0 Å². The monoisotopic (exact) mass is 324 g/mol. The van der Waals surface area contributed by atoms with Gasteiger partial charge >= 0.3 is 5.97 Å². The molecule has 0 fully saturated rings. The lowest BCUT2D eigenvalue weighted by Crippen LogP contribution is -2.35. The average molecular weight is 325 g/mol. The molecule has 1 unspecified atom stereocenters. The highest BCUT2D eigenvalue weighted by atomic mass is 35.5. The molecule has 0 bridgehead atoms. The zero-order chi connectivity index (χ0) is 16.1. The number of aromatic nitrogens is 1. The Hall–Kier alpha value is -2.34. The van der Waals surface area contributed by atoms with Crippen LogP contribution in [0.5, 0.6) is 0 Å². The first-order chi connectivity index (χ1) is 10.5. The first kappa shape index (κ1) is 16.0. The summed E-state index contributed by atoms with van der Waals surface area (Å²) in [6.45, 7) is 1.68. The van der Waals surface area contributed by atoms with E-state index in [1.54, 1.807) is 12.1 Å². The maximum atomic E-state index is 12.8. The quantitative estimate of drug-likeness (QED) is 0.831. The SMILES string of the molecule is CC(OC(=O)c1cc(Cl)c[nH]1)C(=O)NCc1ccc(F)cc1. The molecule has 0 aliphatic heterocycles. The predicted octanol–water partition coefficient (Wildman–Crippen LogP) is 2.67. The van der Waals surface area contributed by atoms with Crippen molar-refractivity contribution < 1.29 is 18.7 Å². The molecule has 22 heavy (non-hydrogen) atoms. The van der Waals surface area contributed by atoms with Crippen molar-refractivity contribution in [3.05, 3.63) is 58.6 Å². The number of hydrogen-bond donors (Lipinski definition) is 2. The van der Waals surface area contributed by atoms with Crippen molar-refractivity contribution in [2.45, 2.75) is 19.6 Å². The third-order valence-corrected chi connectivity index (χ3v) is 3.12. The normalized spacial score (nSPS) is 11.8. The number of nitrogens with one attached hydrogen (secondary N) is 2. The van der Waals surface area contributed by atoms with Crippen molar-refractivity contribution in [1.29, 1.82) is 0 Å². The van der Waals surface area contributed by atoms with Crippen molar-refractivity contribution in [1.82, 2.24) is 10.3 Å². The van der Waals surface area contributed by atoms with Gasteiger partial charge in [-0.15, -0.1) is 0 Å². The molecule has 0 saturated heterocycles. The molecule has 1 aromatic carbocycles. The molecule has 0 aliphatic carbocycles. The summed E-state index contributed by atoms with van der Waals surface area (Å²) in [5, 5.41) is 2.98. The first-order valence-corrected chi connectivity index (χ1v) is 6.90. The Bertz CT molecular complexity index is 670. The second-order valence-electron chi connectivity index (χ2n) is 4.62. The largest absolute Gasteiger partial charge is 0.448 e. The highest BCUT2D eigenvalue weighted by Crippen LogP contribution is 2.11. The highest BCUT2D eigenvalue weighted by Gasteiger charge is 2.19. The van der Waals surface area contributed by atoms with Gasteiger partial charge in [-0.05, 0) is 30.7 Å². The van der Waals surface area contributed by atoms with Crippen molar-refractivity contribution in [3.63, 3.8) is 0 Å². The number of halogens is 2. The summed E-state index contributed by atoms with van der Waals surface area (Å²) in [5.41, 5.74) is 0.910. The molecular formula is C15H14ClFN2O3. The predicted molar refractivity (Wildman–Crippen MR) is 78.9 cm³/mol. The van der Waals surface area contributed by atoms with Crippen LogP contribution in [0.1, 0.15) is 23.0 Å². The van der Waals surface area contributed by atoms with Gasteiger partial charge in [-0.3, -0.25) is 4.79 Å². The van der Waals surface area contributed by atoms with Gasteiger partial charge in [0.1, 0.15) is 11.5 Å². The molecule has 2 rings (SSSR count). The van der Waals surface area contributed by atoms with Gasteiger partial charge < -0.3 is 15.0 Å². The van der Waals surface area contributed by atoms with E-state index in [0.29, 0.717) is 5.02 Å². The number of aromatic amines is 1. The number of benzene rings is 1. The number of carbonyl (C=O) groups is 2. The summed E-state index contributed by atoms with van der Waals surface area (Å²) in [6.07, 6.45) is 0.479. The Morgan fingerprint density at radius 1 is 1.36 bits per heavy atom. The van der Waals surface area contributed by atoms with Crippen LogP contribution >= 0.6 is 11.6 Å².